The van der Waals surface area contributed by atoms with Gasteiger partial charge in [0.05, 0.1) is 6.54 Å². The number of anilines is 1. The molecule has 1 aliphatic heterocycles. The molecule has 9 heteroatoms. The second kappa shape index (κ2) is 11.1. The fourth-order valence-corrected chi connectivity index (χ4v) is 3.05. The summed E-state index contributed by atoms with van der Waals surface area (Å²) in [5, 5.41) is 3.26. The molecule has 1 aromatic carbocycles. The minimum atomic E-state index is -4.18. The molecule has 1 unspecified atom stereocenters. The van der Waals surface area contributed by atoms with Crippen LogP contribution in [-0.2, 0) is 6.54 Å². The molecule has 28 heavy (non-hydrogen) atoms. The van der Waals surface area contributed by atoms with Gasteiger partial charge >= 0.3 is 6.18 Å². The summed E-state index contributed by atoms with van der Waals surface area (Å²) in [6, 6.07) is 6.76. The highest BCUT2D eigenvalue weighted by Crippen LogP contribution is 2.25. The summed E-state index contributed by atoms with van der Waals surface area (Å²) in [6.07, 6.45) is -4.18. The summed E-state index contributed by atoms with van der Waals surface area (Å²) in [5.74, 6) is 0.757. The molecule has 1 heterocycles. The van der Waals surface area contributed by atoms with Crippen molar-refractivity contribution in [3.63, 3.8) is 0 Å². The lowest BCUT2D eigenvalue weighted by Gasteiger charge is -2.39. The molecule has 0 aliphatic carbocycles. The van der Waals surface area contributed by atoms with Crippen LogP contribution in [0.5, 0.6) is 0 Å². The number of nitrogens with one attached hydrogen (secondary N) is 1. The predicted molar refractivity (Wildman–Crippen MR) is 120 cm³/mol. The SMILES string of the molecule is CCNC(=NCc1cccc(N(C)C)c1)N1CCN(C(C)C(F)(F)F)CC1.I. The van der Waals surface area contributed by atoms with Crippen molar-refractivity contribution in [1.29, 1.82) is 0 Å². The number of benzene rings is 1. The van der Waals surface area contributed by atoms with E-state index < -0.39 is 12.2 Å². The number of alkyl halides is 3. The Morgan fingerprint density at radius 3 is 2.39 bits per heavy atom. The van der Waals surface area contributed by atoms with E-state index in [0.29, 0.717) is 32.7 Å². The first-order valence-electron chi connectivity index (χ1n) is 9.32. The van der Waals surface area contributed by atoms with Gasteiger partial charge in [0.25, 0.3) is 0 Å². The maximum atomic E-state index is 12.9. The van der Waals surface area contributed by atoms with Gasteiger partial charge in [-0.15, -0.1) is 24.0 Å². The average molecular weight is 513 g/mol. The highest BCUT2D eigenvalue weighted by atomic mass is 127. The molecule has 1 aromatic rings. The number of guanidine groups is 1. The zero-order chi connectivity index (χ0) is 20.0. The van der Waals surface area contributed by atoms with E-state index in [4.69, 9.17) is 4.99 Å². The predicted octanol–water partition coefficient (Wildman–Crippen LogP) is 3.40. The molecule has 1 saturated heterocycles. The molecule has 2 rings (SSSR count). The van der Waals surface area contributed by atoms with Crippen LogP contribution in [0.15, 0.2) is 29.3 Å². The Bertz CT molecular complexity index is 628. The van der Waals surface area contributed by atoms with Crippen LogP contribution in [0.25, 0.3) is 0 Å². The van der Waals surface area contributed by atoms with Crippen molar-refractivity contribution in [2.75, 3.05) is 51.7 Å². The molecule has 1 N–H and O–H groups in total. The van der Waals surface area contributed by atoms with E-state index in [1.807, 2.05) is 49.0 Å². The molecule has 0 bridgehead atoms. The fourth-order valence-electron chi connectivity index (χ4n) is 3.05. The van der Waals surface area contributed by atoms with Gasteiger partial charge in [-0.25, -0.2) is 4.99 Å². The topological polar surface area (TPSA) is 34.1 Å². The summed E-state index contributed by atoms with van der Waals surface area (Å²) < 4.78 is 38.7. The maximum Gasteiger partial charge on any atom is 0.403 e. The molecule has 5 nitrogen and oxygen atoms in total. The lowest BCUT2D eigenvalue weighted by atomic mass is 10.2. The lowest BCUT2D eigenvalue weighted by Crippen LogP contribution is -2.56. The number of hydrogen-bond acceptors (Lipinski definition) is 3. The monoisotopic (exact) mass is 513 g/mol. The third kappa shape index (κ3) is 6.98. The normalized spacial score (nSPS) is 17.1. The third-order valence-electron chi connectivity index (χ3n) is 4.81. The van der Waals surface area contributed by atoms with E-state index in [1.165, 1.54) is 11.8 Å². The van der Waals surface area contributed by atoms with Gasteiger partial charge in [-0.1, -0.05) is 12.1 Å². The van der Waals surface area contributed by atoms with Crippen LogP contribution in [0, 0.1) is 0 Å². The standard InChI is InChI=1S/C19H30F3N5.HI/c1-5-23-18(24-14-16-7-6-8-17(13-16)25(3)4)27-11-9-26(10-12-27)15(2)19(20,21)22;/h6-8,13,15H,5,9-12,14H2,1-4H3,(H,23,24);1H. The highest BCUT2D eigenvalue weighted by Gasteiger charge is 2.41. The number of rotatable bonds is 5. The number of hydrogen-bond donors (Lipinski definition) is 1. The minimum absolute atomic E-state index is 0. The molecule has 0 spiro atoms. The van der Waals surface area contributed by atoms with Gasteiger partial charge < -0.3 is 15.1 Å². The number of nitrogens with zero attached hydrogens (tertiary/aromatic N) is 4. The lowest BCUT2D eigenvalue weighted by molar-refractivity contribution is -0.181. The summed E-state index contributed by atoms with van der Waals surface area (Å²) in [6.45, 7) is 6.28. The Morgan fingerprint density at radius 2 is 1.86 bits per heavy atom. The molecule has 0 radical (unpaired) electrons. The quantitative estimate of drug-likeness (QED) is 0.372. The summed E-state index contributed by atoms with van der Waals surface area (Å²) in [7, 11) is 3.99. The van der Waals surface area contributed by atoms with E-state index in [9.17, 15) is 13.2 Å². The van der Waals surface area contributed by atoms with E-state index in [2.05, 4.69) is 11.4 Å². The Balaban J connectivity index is 0.00000392. The van der Waals surface area contributed by atoms with Crippen LogP contribution >= 0.6 is 24.0 Å². The van der Waals surface area contributed by atoms with E-state index in [-0.39, 0.29) is 24.0 Å². The molecule has 160 valence electrons. The zero-order valence-electron chi connectivity index (χ0n) is 17.0. The third-order valence-corrected chi connectivity index (χ3v) is 4.81. The van der Waals surface area contributed by atoms with Crippen molar-refractivity contribution < 1.29 is 13.2 Å². The second-order valence-electron chi connectivity index (χ2n) is 6.98. The maximum absolute atomic E-state index is 12.9. The molecule has 1 atom stereocenters. The van der Waals surface area contributed by atoms with Crippen LogP contribution in [0.2, 0.25) is 0 Å². The van der Waals surface area contributed by atoms with Crippen LogP contribution in [-0.4, -0.2) is 74.8 Å². The van der Waals surface area contributed by atoms with Gasteiger partial charge in [0.15, 0.2) is 5.96 Å². The van der Waals surface area contributed by atoms with Crippen molar-refractivity contribution in [3.05, 3.63) is 29.8 Å². The molecular formula is C19H31F3IN5. The van der Waals surface area contributed by atoms with Gasteiger partial charge in [-0.05, 0) is 31.5 Å². The zero-order valence-corrected chi connectivity index (χ0v) is 19.3. The Hall–Kier alpha value is -1.23. The second-order valence-corrected chi connectivity index (χ2v) is 6.98. The molecular weight excluding hydrogens is 482 g/mol. The summed E-state index contributed by atoms with van der Waals surface area (Å²) in [4.78, 5) is 10.3. The van der Waals surface area contributed by atoms with E-state index in [1.54, 1.807) is 0 Å². The Morgan fingerprint density at radius 1 is 1.21 bits per heavy atom. The minimum Gasteiger partial charge on any atom is -0.378 e. The average Bonchev–Trinajstić information content (AvgIpc) is 2.64. The molecule has 0 saturated carbocycles. The van der Waals surface area contributed by atoms with E-state index in [0.717, 1.165) is 23.8 Å². The number of halogens is 4. The van der Waals surface area contributed by atoms with Crippen molar-refractivity contribution in [2.24, 2.45) is 4.99 Å². The molecule has 1 aliphatic rings. The van der Waals surface area contributed by atoms with Crippen molar-refractivity contribution >= 4 is 35.6 Å². The van der Waals surface area contributed by atoms with Crippen LogP contribution < -0.4 is 10.2 Å². The fraction of sp³-hybridized carbons (Fsp3) is 0.632. The first-order chi connectivity index (χ1) is 12.7. The van der Waals surface area contributed by atoms with Gasteiger partial charge in [-0.2, -0.15) is 13.2 Å². The van der Waals surface area contributed by atoms with Gasteiger partial charge in [0, 0.05) is 52.5 Å². The van der Waals surface area contributed by atoms with Gasteiger partial charge in [-0.3, -0.25) is 4.90 Å². The number of aliphatic imine (C=N–C) groups is 1. The van der Waals surface area contributed by atoms with Gasteiger partial charge in [0.1, 0.15) is 6.04 Å². The summed E-state index contributed by atoms with van der Waals surface area (Å²) >= 11 is 0. The van der Waals surface area contributed by atoms with Crippen molar-refractivity contribution in [2.45, 2.75) is 32.6 Å². The van der Waals surface area contributed by atoms with Crippen molar-refractivity contribution in [3.8, 4) is 0 Å². The molecule has 0 aromatic heterocycles. The Kier molecular flexibility index (Phi) is 9.82. The van der Waals surface area contributed by atoms with E-state index >= 15 is 0 Å². The van der Waals surface area contributed by atoms with Crippen molar-refractivity contribution in [1.82, 2.24) is 15.1 Å². The highest BCUT2D eigenvalue weighted by molar-refractivity contribution is 14.0. The first-order valence-corrected chi connectivity index (χ1v) is 9.32. The van der Waals surface area contributed by atoms with Crippen LogP contribution in [0.3, 0.4) is 0 Å². The molecule has 1 fully saturated rings. The Labute approximate surface area is 183 Å². The largest absolute Gasteiger partial charge is 0.403 e. The molecule has 0 amide bonds. The summed E-state index contributed by atoms with van der Waals surface area (Å²) in [5.41, 5.74) is 2.21. The smallest absolute Gasteiger partial charge is 0.378 e. The van der Waals surface area contributed by atoms with Gasteiger partial charge in [0.2, 0.25) is 0 Å². The first kappa shape index (κ1) is 24.8. The van der Waals surface area contributed by atoms with Crippen LogP contribution in [0.4, 0.5) is 18.9 Å². The number of piperazine rings is 1. The van der Waals surface area contributed by atoms with Crippen LogP contribution in [0.1, 0.15) is 19.4 Å².